The van der Waals surface area contributed by atoms with Crippen molar-refractivity contribution in [3.8, 4) is 11.5 Å². The first-order valence-corrected chi connectivity index (χ1v) is 26.3. The van der Waals surface area contributed by atoms with Gasteiger partial charge in [0.25, 0.3) is 0 Å². The minimum absolute atomic E-state index is 0.0240. The van der Waals surface area contributed by atoms with Crippen molar-refractivity contribution in [2.45, 2.75) is 149 Å². The number of carboxylic acid groups (broad SMARTS) is 1. The van der Waals surface area contributed by atoms with Crippen LogP contribution in [-0.2, 0) is 62.4 Å². The maximum absolute atomic E-state index is 14.6. The number of nitrogens with zero attached hydrogens (tertiary/aromatic N) is 1. The summed E-state index contributed by atoms with van der Waals surface area (Å²) in [5.41, 5.74) is 7.91. The topological polar surface area (TPSA) is 328 Å². The number of phenols is 2. The molecule has 1 saturated heterocycles. The van der Waals surface area contributed by atoms with Crippen LogP contribution in [0.5, 0.6) is 11.5 Å². The van der Waals surface area contributed by atoms with E-state index in [4.69, 9.17) is 5.73 Å². The number of phenolic OH excluding ortho intramolecular Hbond substituents is 2. The van der Waals surface area contributed by atoms with Crippen LogP contribution in [0.15, 0.2) is 78.9 Å². The lowest BCUT2D eigenvalue weighted by molar-refractivity contribution is -0.143. The van der Waals surface area contributed by atoms with Crippen LogP contribution in [0, 0.1) is 23.7 Å². The molecule has 0 radical (unpaired) electrons. The molecule has 0 spiro atoms. The molecular formula is C56H79N9O12. The van der Waals surface area contributed by atoms with Gasteiger partial charge in [0.1, 0.15) is 53.8 Å². The number of rotatable bonds is 28. The number of carboxylic acids is 1. The SMILES string of the molecule is CC(C)C[C@H](NC(=O)[C@@H](N)CC(C)C)C(=O)N[C@@H](Cc1ccccc1)C(=O)NCC(=O)N[C@@H](Cc1ccc(O)cc1)C(=O)N1CCC[C@H]1C(=O)N[C@H](C(=O)N[C@@H](Cc1ccc(O)cc1)C(=O)N[C@H](C(=O)O)C(C)C)C(C)C. The van der Waals surface area contributed by atoms with E-state index in [9.17, 15) is 58.5 Å². The lowest BCUT2D eigenvalue weighted by atomic mass is 9.99. The average molecular weight is 1070 g/mol. The third-order valence-corrected chi connectivity index (χ3v) is 13.1. The van der Waals surface area contributed by atoms with Crippen molar-refractivity contribution in [2.75, 3.05) is 13.1 Å². The van der Waals surface area contributed by atoms with Gasteiger partial charge in [0.2, 0.25) is 47.3 Å². The van der Waals surface area contributed by atoms with E-state index in [1.165, 1.54) is 29.2 Å². The fraction of sp³-hybridized carbons (Fsp3) is 0.518. The summed E-state index contributed by atoms with van der Waals surface area (Å²) in [5.74, 6) is -7.81. The monoisotopic (exact) mass is 1070 g/mol. The second-order valence-electron chi connectivity index (χ2n) is 21.3. The van der Waals surface area contributed by atoms with Crippen LogP contribution in [0.3, 0.4) is 0 Å². The van der Waals surface area contributed by atoms with E-state index in [1.54, 1.807) is 82.3 Å². The van der Waals surface area contributed by atoms with Gasteiger partial charge in [-0.1, -0.05) is 110 Å². The lowest BCUT2D eigenvalue weighted by Crippen LogP contribution is -2.60. The number of amides is 8. The fourth-order valence-electron chi connectivity index (χ4n) is 8.93. The molecule has 0 saturated carbocycles. The highest BCUT2D eigenvalue weighted by Gasteiger charge is 2.40. The number of hydrogen-bond donors (Lipinski definition) is 11. The summed E-state index contributed by atoms with van der Waals surface area (Å²) in [5, 5.41) is 48.4. The van der Waals surface area contributed by atoms with Crippen LogP contribution in [-0.4, -0.2) is 135 Å². The van der Waals surface area contributed by atoms with Gasteiger partial charge in [0, 0.05) is 25.8 Å². The van der Waals surface area contributed by atoms with E-state index >= 15 is 0 Å². The first-order valence-electron chi connectivity index (χ1n) is 26.3. The quantitative estimate of drug-likeness (QED) is 0.0496. The van der Waals surface area contributed by atoms with Gasteiger partial charge in [-0.2, -0.15) is 0 Å². The zero-order chi connectivity index (χ0) is 57.1. The summed E-state index contributed by atoms with van der Waals surface area (Å²) < 4.78 is 0. The Morgan fingerprint density at radius 1 is 0.545 bits per heavy atom. The number of nitrogens with two attached hydrogens (primary N) is 1. The van der Waals surface area contributed by atoms with Crippen LogP contribution in [0.25, 0.3) is 0 Å². The highest BCUT2D eigenvalue weighted by molar-refractivity contribution is 5.98. The van der Waals surface area contributed by atoms with E-state index < -0.39 is 120 Å². The van der Waals surface area contributed by atoms with Gasteiger partial charge in [0.05, 0.1) is 12.6 Å². The Hall–Kier alpha value is -7.55. The summed E-state index contributed by atoms with van der Waals surface area (Å²) in [4.78, 5) is 125. The molecule has 4 rings (SSSR count). The zero-order valence-corrected chi connectivity index (χ0v) is 45.3. The van der Waals surface area contributed by atoms with Crippen LogP contribution in [0.2, 0.25) is 0 Å². The molecule has 77 heavy (non-hydrogen) atoms. The van der Waals surface area contributed by atoms with Gasteiger partial charge in [-0.15, -0.1) is 0 Å². The summed E-state index contributed by atoms with van der Waals surface area (Å²) in [6.45, 7) is 13.7. The highest BCUT2D eigenvalue weighted by Crippen LogP contribution is 2.22. The standard InChI is InChI=1S/C56H79N9O12/c1-31(2)25-40(57)49(69)60-41(26-32(3)4)51(71)61-42(27-35-13-10-9-11-14-35)50(70)58-30-46(68)59-44(29-37-18-22-39(67)23-19-37)55(75)65-24-12-15-45(65)53(73)63-47(33(5)6)54(74)62-43(28-36-16-20-38(66)21-17-36)52(72)64-48(34(7)8)56(76)77/h9-11,13-14,16-23,31-34,40-45,47-48,66-67H,12,15,24-30,57H2,1-8H3,(H,58,70)(H,59,68)(H,60,69)(H,61,71)(H,62,74)(H,63,73)(H,64,72)(H,76,77)/t40-,41-,42-,43-,44-,45-,47-,48-/m0/s1. The zero-order valence-electron chi connectivity index (χ0n) is 45.3. The van der Waals surface area contributed by atoms with E-state index in [0.717, 1.165) is 0 Å². The molecule has 0 unspecified atom stereocenters. The molecular weight excluding hydrogens is 991 g/mol. The number of benzene rings is 3. The molecule has 0 bridgehead atoms. The maximum Gasteiger partial charge on any atom is 0.326 e. The molecule has 21 heteroatoms. The van der Waals surface area contributed by atoms with Crippen LogP contribution in [0.4, 0.5) is 0 Å². The van der Waals surface area contributed by atoms with Gasteiger partial charge < -0.3 is 63.2 Å². The Balaban J connectivity index is 1.53. The summed E-state index contributed by atoms with van der Waals surface area (Å²) in [6, 6.07) is 11.4. The van der Waals surface area contributed by atoms with Crippen molar-refractivity contribution >= 4 is 53.2 Å². The number of aromatic hydroxyl groups is 2. The number of nitrogens with one attached hydrogen (secondary N) is 7. The molecule has 3 aromatic rings. The number of hydrogen-bond acceptors (Lipinski definition) is 12. The van der Waals surface area contributed by atoms with Gasteiger partial charge in [0.15, 0.2) is 0 Å². The van der Waals surface area contributed by atoms with Crippen molar-refractivity contribution in [1.82, 2.24) is 42.1 Å². The van der Waals surface area contributed by atoms with Crippen molar-refractivity contribution < 1.29 is 58.5 Å². The Kier molecular flexibility index (Phi) is 23.9. The third kappa shape index (κ3) is 19.8. The number of aliphatic carboxylic acids is 1. The minimum atomic E-state index is -1.31. The number of likely N-dealkylation sites (tertiary alicyclic amines) is 1. The number of carbonyl (C=O) groups is 9. The molecule has 21 nitrogen and oxygen atoms in total. The van der Waals surface area contributed by atoms with E-state index in [1.807, 2.05) is 27.7 Å². The van der Waals surface area contributed by atoms with Crippen molar-refractivity contribution in [1.29, 1.82) is 0 Å². The molecule has 0 aromatic heterocycles. The molecule has 12 N–H and O–H groups in total. The molecule has 8 amide bonds. The molecule has 3 aromatic carbocycles. The fourth-order valence-corrected chi connectivity index (χ4v) is 8.93. The summed E-state index contributed by atoms with van der Waals surface area (Å²) in [6.07, 6.45) is 1.05. The van der Waals surface area contributed by atoms with Gasteiger partial charge >= 0.3 is 5.97 Å². The Labute approximate surface area is 450 Å². The first kappa shape index (κ1) is 62.0. The second-order valence-corrected chi connectivity index (χ2v) is 21.3. The predicted octanol–water partition coefficient (Wildman–Crippen LogP) is 1.96. The lowest BCUT2D eigenvalue weighted by Gasteiger charge is -2.31. The molecule has 1 fully saturated rings. The van der Waals surface area contributed by atoms with Crippen molar-refractivity contribution in [2.24, 2.45) is 29.4 Å². The minimum Gasteiger partial charge on any atom is -0.508 e. The highest BCUT2D eigenvalue weighted by atomic mass is 16.4. The maximum atomic E-state index is 14.6. The van der Waals surface area contributed by atoms with Crippen molar-refractivity contribution in [3.63, 3.8) is 0 Å². The molecule has 8 atom stereocenters. The first-order chi connectivity index (χ1) is 36.3. The smallest absolute Gasteiger partial charge is 0.326 e. The molecule has 420 valence electrons. The average Bonchev–Trinajstić information content (AvgIpc) is 3.87. The van der Waals surface area contributed by atoms with E-state index in [2.05, 4.69) is 37.2 Å². The van der Waals surface area contributed by atoms with Gasteiger partial charge in [-0.25, -0.2) is 4.79 Å². The van der Waals surface area contributed by atoms with Crippen LogP contribution in [0.1, 0.15) is 97.8 Å². The molecule has 1 aliphatic rings. The van der Waals surface area contributed by atoms with Gasteiger partial charge in [-0.05, 0) is 90.3 Å². The Bertz CT molecular complexity index is 2490. The largest absolute Gasteiger partial charge is 0.508 e. The van der Waals surface area contributed by atoms with E-state index in [0.29, 0.717) is 29.5 Å². The Morgan fingerprint density at radius 2 is 1.03 bits per heavy atom. The number of carbonyl (C=O) groups excluding carboxylic acids is 8. The van der Waals surface area contributed by atoms with Crippen LogP contribution < -0.4 is 43.0 Å². The van der Waals surface area contributed by atoms with Crippen molar-refractivity contribution in [3.05, 3.63) is 95.6 Å². The second kappa shape index (κ2) is 29.7. The van der Waals surface area contributed by atoms with Crippen LogP contribution >= 0.6 is 0 Å². The predicted molar refractivity (Wildman–Crippen MR) is 287 cm³/mol. The van der Waals surface area contributed by atoms with Gasteiger partial charge in [-0.3, -0.25) is 38.4 Å². The van der Waals surface area contributed by atoms with E-state index in [-0.39, 0.29) is 62.0 Å². The molecule has 1 heterocycles. The Morgan fingerprint density at radius 3 is 1.55 bits per heavy atom. The molecule has 0 aliphatic carbocycles. The third-order valence-electron chi connectivity index (χ3n) is 13.1. The molecule has 1 aliphatic heterocycles. The summed E-state index contributed by atoms with van der Waals surface area (Å²) >= 11 is 0. The summed E-state index contributed by atoms with van der Waals surface area (Å²) in [7, 11) is 0. The normalized spacial score (nSPS) is 16.1.